The van der Waals surface area contributed by atoms with Crippen LogP contribution in [0.2, 0.25) is 19.6 Å². The second-order valence-corrected chi connectivity index (χ2v) is 12.5. The highest BCUT2D eigenvalue weighted by Crippen LogP contribution is 2.36. The molecule has 1 aromatic rings. The van der Waals surface area contributed by atoms with Crippen molar-refractivity contribution in [3.63, 3.8) is 0 Å². The number of benzene rings is 1. The normalized spacial score (nSPS) is 21.7. The van der Waals surface area contributed by atoms with Gasteiger partial charge in [0.15, 0.2) is 0 Å². The van der Waals surface area contributed by atoms with Crippen molar-refractivity contribution in [3.8, 4) is 0 Å². The van der Waals surface area contributed by atoms with E-state index in [1.807, 2.05) is 0 Å². The third kappa shape index (κ3) is 2.81. The van der Waals surface area contributed by atoms with Crippen molar-refractivity contribution in [1.29, 1.82) is 0 Å². The van der Waals surface area contributed by atoms with Crippen molar-refractivity contribution in [3.05, 3.63) is 24.3 Å². The lowest BCUT2D eigenvalue weighted by molar-refractivity contribution is 0.00578. The molecule has 0 bridgehead atoms. The fraction of sp³-hybridized carbons (Fsp3) is 0.600. The molecule has 0 amide bonds. The first kappa shape index (κ1) is 14.8. The quantitative estimate of drug-likeness (QED) is 0.773. The Bertz CT molecular complexity index is 444. The molecule has 2 rings (SSSR count). The van der Waals surface area contributed by atoms with Gasteiger partial charge < -0.3 is 9.31 Å². The van der Waals surface area contributed by atoms with E-state index < -0.39 is 8.07 Å². The minimum absolute atomic E-state index is 0.249. The average molecular weight is 276 g/mol. The molecule has 0 radical (unpaired) electrons. The van der Waals surface area contributed by atoms with E-state index in [4.69, 9.17) is 9.31 Å². The fourth-order valence-electron chi connectivity index (χ4n) is 2.12. The van der Waals surface area contributed by atoms with Gasteiger partial charge in [-0.25, -0.2) is 0 Å². The first-order valence-electron chi connectivity index (χ1n) is 6.99. The van der Waals surface area contributed by atoms with E-state index in [9.17, 15) is 0 Å². The largest absolute Gasteiger partial charge is 0.494 e. The second-order valence-electron chi connectivity index (χ2n) is 7.46. The summed E-state index contributed by atoms with van der Waals surface area (Å²) in [5, 5.41) is 1.47. The standard InChI is InChI=1S/C15H25BO2Si/c1-14(2)15(3,4)18-16(17-14)12-8-10-13(11-9-12)19(5,6)7/h8-11H,1-7H3. The molecule has 1 aliphatic rings. The van der Waals surface area contributed by atoms with Gasteiger partial charge in [-0.3, -0.25) is 0 Å². The Labute approximate surface area is 118 Å². The molecular weight excluding hydrogens is 251 g/mol. The third-order valence-electron chi connectivity index (χ3n) is 4.30. The van der Waals surface area contributed by atoms with E-state index in [1.54, 1.807) is 0 Å². The van der Waals surface area contributed by atoms with Gasteiger partial charge in [-0.2, -0.15) is 0 Å². The van der Waals surface area contributed by atoms with E-state index in [1.165, 1.54) is 5.19 Å². The molecule has 1 fully saturated rings. The summed E-state index contributed by atoms with van der Waals surface area (Å²) in [6.45, 7) is 15.4. The van der Waals surface area contributed by atoms with Gasteiger partial charge in [0.05, 0.1) is 19.3 Å². The third-order valence-corrected chi connectivity index (χ3v) is 6.37. The predicted molar refractivity (Wildman–Crippen MR) is 85.1 cm³/mol. The van der Waals surface area contributed by atoms with Crippen molar-refractivity contribution in [1.82, 2.24) is 0 Å². The molecule has 1 aromatic carbocycles. The second kappa shape index (κ2) is 4.47. The minimum atomic E-state index is -1.23. The van der Waals surface area contributed by atoms with Crippen LogP contribution < -0.4 is 10.6 Å². The first-order chi connectivity index (χ1) is 8.53. The summed E-state index contributed by atoms with van der Waals surface area (Å²) >= 11 is 0. The fourth-order valence-corrected chi connectivity index (χ4v) is 3.29. The summed E-state index contributed by atoms with van der Waals surface area (Å²) in [5.41, 5.74) is 0.574. The molecule has 1 aliphatic heterocycles. The van der Waals surface area contributed by atoms with E-state index >= 15 is 0 Å². The highest BCUT2D eigenvalue weighted by atomic mass is 28.3. The van der Waals surface area contributed by atoms with Gasteiger partial charge in [-0.1, -0.05) is 49.1 Å². The Morgan fingerprint density at radius 3 is 1.63 bits per heavy atom. The van der Waals surface area contributed by atoms with Gasteiger partial charge in [0.25, 0.3) is 0 Å². The summed E-state index contributed by atoms with van der Waals surface area (Å²) in [4.78, 5) is 0. The molecule has 0 unspecified atom stereocenters. The lowest BCUT2D eigenvalue weighted by Gasteiger charge is -2.32. The number of hydrogen-bond donors (Lipinski definition) is 0. The zero-order valence-electron chi connectivity index (χ0n) is 13.2. The van der Waals surface area contributed by atoms with Crippen LogP contribution >= 0.6 is 0 Å². The molecule has 0 aromatic heterocycles. The van der Waals surface area contributed by atoms with E-state index in [0.29, 0.717) is 0 Å². The van der Waals surface area contributed by atoms with Gasteiger partial charge in [0.1, 0.15) is 0 Å². The maximum atomic E-state index is 6.06. The Kier molecular flexibility index (Phi) is 3.49. The van der Waals surface area contributed by atoms with Crippen molar-refractivity contribution in [2.75, 3.05) is 0 Å². The molecule has 4 heteroatoms. The number of hydrogen-bond acceptors (Lipinski definition) is 2. The zero-order chi connectivity index (χ0) is 14.5. The van der Waals surface area contributed by atoms with E-state index in [0.717, 1.165) is 5.46 Å². The first-order valence-corrected chi connectivity index (χ1v) is 10.5. The Morgan fingerprint density at radius 2 is 1.26 bits per heavy atom. The monoisotopic (exact) mass is 276 g/mol. The molecule has 0 N–H and O–H groups in total. The van der Waals surface area contributed by atoms with Crippen LogP contribution in [0.5, 0.6) is 0 Å². The van der Waals surface area contributed by atoms with Crippen molar-refractivity contribution in [2.45, 2.75) is 58.5 Å². The maximum absolute atomic E-state index is 6.06. The smallest absolute Gasteiger partial charge is 0.399 e. The molecule has 1 heterocycles. The molecule has 104 valence electrons. The van der Waals surface area contributed by atoms with Gasteiger partial charge in [0.2, 0.25) is 0 Å². The topological polar surface area (TPSA) is 18.5 Å². The van der Waals surface area contributed by atoms with Crippen LogP contribution in [-0.2, 0) is 9.31 Å². The summed E-state index contributed by atoms with van der Waals surface area (Å²) < 4.78 is 12.1. The van der Waals surface area contributed by atoms with E-state index in [-0.39, 0.29) is 18.3 Å². The van der Waals surface area contributed by atoms with Gasteiger partial charge in [0, 0.05) is 0 Å². The molecule has 0 aliphatic carbocycles. The van der Waals surface area contributed by atoms with Crippen LogP contribution in [0.4, 0.5) is 0 Å². The van der Waals surface area contributed by atoms with Crippen molar-refractivity contribution in [2.24, 2.45) is 0 Å². The molecule has 0 saturated carbocycles. The van der Waals surface area contributed by atoms with Gasteiger partial charge in [-0.05, 0) is 33.2 Å². The molecule has 0 spiro atoms. The van der Waals surface area contributed by atoms with Crippen molar-refractivity contribution >= 4 is 25.8 Å². The summed E-state index contributed by atoms with van der Waals surface area (Å²) in [6, 6.07) is 8.75. The van der Waals surface area contributed by atoms with Crippen LogP contribution in [0.3, 0.4) is 0 Å². The zero-order valence-corrected chi connectivity index (χ0v) is 14.2. The van der Waals surface area contributed by atoms with Gasteiger partial charge in [-0.15, -0.1) is 0 Å². The highest BCUT2D eigenvalue weighted by Gasteiger charge is 2.51. The van der Waals surface area contributed by atoms with E-state index in [2.05, 4.69) is 71.6 Å². The molecule has 19 heavy (non-hydrogen) atoms. The Morgan fingerprint density at radius 1 is 0.842 bits per heavy atom. The Hall–Kier alpha value is -0.578. The van der Waals surface area contributed by atoms with Crippen LogP contribution in [0, 0.1) is 0 Å². The lowest BCUT2D eigenvalue weighted by Crippen LogP contribution is -2.41. The number of rotatable bonds is 2. The van der Waals surface area contributed by atoms with Crippen LogP contribution in [-0.4, -0.2) is 26.4 Å². The highest BCUT2D eigenvalue weighted by molar-refractivity contribution is 6.88. The summed E-state index contributed by atoms with van der Waals surface area (Å²) in [7, 11) is -1.48. The Balaban J connectivity index is 2.22. The van der Waals surface area contributed by atoms with Crippen LogP contribution in [0.25, 0.3) is 0 Å². The minimum Gasteiger partial charge on any atom is -0.399 e. The average Bonchev–Trinajstić information content (AvgIpc) is 2.47. The maximum Gasteiger partial charge on any atom is 0.494 e. The van der Waals surface area contributed by atoms with Gasteiger partial charge >= 0.3 is 7.12 Å². The molecule has 2 nitrogen and oxygen atoms in total. The van der Waals surface area contributed by atoms with Crippen LogP contribution in [0.15, 0.2) is 24.3 Å². The SMILES string of the molecule is CC1(C)OB(c2ccc([Si](C)(C)C)cc2)OC1(C)C. The van der Waals surface area contributed by atoms with Crippen molar-refractivity contribution < 1.29 is 9.31 Å². The summed E-state index contributed by atoms with van der Waals surface area (Å²) in [5.74, 6) is 0. The van der Waals surface area contributed by atoms with Crippen LogP contribution in [0.1, 0.15) is 27.7 Å². The predicted octanol–water partition coefficient (Wildman–Crippen LogP) is 2.53. The molecular formula is C15H25BO2Si. The molecule has 0 atom stereocenters. The summed E-state index contributed by atoms with van der Waals surface area (Å²) in [6.07, 6.45) is 0. The molecule has 1 saturated heterocycles. The lowest BCUT2D eigenvalue weighted by atomic mass is 9.79.